The summed E-state index contributed by atoms with van der Waals surface area (Å²) in [6.07, 6.45) is 2.54. The van der Waals surface area contributed by atoms with Crippen molar-refractivity contribution in [3.8, 4) is 11.3 Å². The van der Waals surface area contributed by atoms with Crippen LogP contribution in [0.5, 0.6) is 0 Å². The number of pyridine rings is 1. The highest BCUT2D eigenvalue weighted by Gasteiger charge is 2.09. The van der Waals surface area contributed by atoms with Gasteiger partial charge in [-0.2, -0.15) is 5.10 Å². The number of hydrogen-bond donors (Lipinski definition) is 1. The zero-order chi connectivity index (χ0) is 17.6. The first kappa shape index (κ1) is 16.6. The van der Waals surface area contributed by atoms with Gasteiger partial charge in [-0.15, -0.1) is 0 Å². The van der Waals surface area contributed by atoms with E-state index in [2.05, 4.69) is 22.3 Å². The Labute approximate surface area is 145 Å². The Balaban J connectivity index is 1.79. The maximum Gasteiger partial charge on any atom is 0.267 e. The number of carbonyl (C=O) groups is 1. The van der Waals surface area contributed by atoms with Crippen LogP contribution in [0, 0.1) is 0 Å². The van der Waals surface area contributed by atoms with Crippen LogP contribution in [-0.4, -0.2) is 20.7 Å². The maximum atomic E-state index is 12.1. The SMILES string of the molecule is CCc1ccc(-c2ccc(=O)n(CC(=O)Nc3ccccn3)n2)cc1. The molecule has 25 heavy (non-hydrogen) atoms. The van der Waals surface area contributed by atoms with E-state index in [1.807, 2.05) is 24.3 Å². The van der Waals surface area contributed by atoms with Crippen LogP contribution in [0.3, 0.4) is 0 Å². The Morgan fingerprint density at radius 3 is 2.56 bits per heavy atom. The van der Waals surface area contributed by atoms with E-state index in [1.165, 1.54) is 11.6 Å². The molecule has 0 unspecified atom stereocenters. The summed E-state index contributed by atoms with van der Waals surface area (Å²) in [4.78, 5) is 28.1. The molecule has 3 rings (SSSR count). The average molecular weight is 334 g/mol. The van der Waals surface area contributed by atoms with Crippen molar-refractivity contribution in [2.24, 2.45) is 0 Å². The van der Waals surface area contributed by atoms with Crippen molar-refractivity contribution >= 4 is 11.7 Å². The lowest BCUT2D eigenvalue weighted by atomic mass is 10.1. The molecule has 0 radical (unpaired) electrons. The molecule has 126 valence electrons. The summed E-state index contributed by atoms with van der Waals surface area (Å²) >= 11 is 0. The van der Waals surface area contributed by atoms with Crippen LogP contribution in [0.25, 0.3) is 11.3 Å². The molecule has 6 heteroatoms. The molecule has 0 atom stereocenters. The van der Waals surface area contributed by atoms with Gasteiger partial charge in [0.15, 0.2) is 0 Å². The molecule has 0 aliphatic rings. The lowest BCUT2D eigenvalue weighted by Gasteiger charge is -2.08. The lowest BCUT2D eigenvalue weighted by molar-refractivity contribution is -0.117. The second kappa shape index (κ2) is 7.53. The van der Waals surface area contributed by atoms with Gasteiger partial charge in [-0.05, 0) is 30.2 Å². The number of hydrogen-bond acceptors (Lipinski definition) is 4. The molecule has 1 aromatic carbocycles. The minimum Gasteiger partial charge on any atom is -0.309 e. The lowest BCUT2D eigenvalue weighted by Crippen LogP contribution is -2.29. The number of nitrogens with one attached hydrogen (secondary N) is 1. The second-order valence-electron chi connectivity index (χ2n) is 5.53. The number of amides is 1. The van der Waals surface area contributed by atoms with Gasteiger partial charge in [0.2, 0.25) is 5.91 Å². The molecule has 0 saturated heterocycles. The van der Waals surface area contributed by atoms with Crippen molar-refractivity contribution in [2.75, 3.05) is 5.32 Å². The summed E-state index contributed by atoms with van der Waals surface area (Å²) < 4.78 is 1.15. The molecule has 0 aliphatic carbocycles. The van der Waals surface area contributed by atoms with E-state index in [0.717, 1.165) is 16.7 Å². The van der Waals surface area contributed by atoms with E-state index in [9.17, 15) is 9.59 Å². The third kappa shape index (κ3) is 4.17. The number of benzene rings is 1. The van der Waals surface area contributed by atoms with E-state index in [4.69, 9.17) is 0 Å². The van der Waals surface area contributed by atoms with Gasteiger partial charge in [0, 0.05) is 17.8 Å². The predicted molar refractivity (Wildman–Crippen MR) is 96.2 cm³/mol. The molecule has 2 heterocycles. The fourth-order valence-electron chi connectivity index (χ4n) is 2.38. The van der Waals surface area contributed by atoms with Gasteiger partial charge in [-0.1, -0.05) is 37.3 Å². The van der Waals surface area contributed by atoms with Crippen molar-refractivity contribution < 1.29 is 4.79 Å². The van der Waals surface area contributed by atoms with Crippen molar-refractivity contribution in [1.29, 1.82) is 0 Å². The number of carbonyl (C=O) groups excluding carboxylic acids is 1. The summed E-state index contributed by atoms with van der Waals surface area (Å²) in [5.41, 5.74) is 2.45. The number of aryl methyl sites for hydroxylation is 1. The zero-order valence-corrected chi connectivity index (χ0v) is 13.8. The van der Waals surface area contributed by atoms with Gasteiger partial charge in [-0.25, -0.2) is 9.67 Å². The molecule has 1 N–H and O–H groups in total. The van der Waals surface area contributed by atoms with Crippen LogP contribution in [0.1, 0.15) is 12.5 Å². The maximum absolute atomic E-state index is 12.1. The highest BCUT2D eigenvalue weighted by Crippen LogP contribution is 2.16. The molecule has 0 saturated carbocycles. The van der Waals surface area contributed by atoms with Gasteiger partial charge in [0.05, 0.1) is 5.69 Å². The standard InChI is InChI=1S/C19H18N4O2/c1-2-14-6-8-15(9-7-14)16-10-11-19(25)23(22-16)13-18(24)21-17-5-3-4-12-20-17/h3-12H,2,13H2,1H3,(H,20,21,24). The normalized spacial score (nSPS) is 10.4. The third-order valence-corrected chi connectivity index (χ3v) is 3.75. The largest absolute Gasteiger partial charge is 0.309 e. The molecule has 0 bridgehead atoms. The van der Waals surface area contributed by atoms with Gasteiger partial charge < -0.3 is 5.32 Å². The Bertz CT molecular complexity index is 918. The Morgan fingerprint density at radius 1 is 1.08 bits per heavy atom. The number of aromatic nitrogens is 3. The number of anilines is 1. The molecule has 2 aromatic heterocycles. The Morgan fingerprint density at radius 2 is 1.88 bits per heavy atom. The van der Waals surface area contributed by atoms with Crippen LogP contribution in [0.4, 0.5) is 5.82 Å². The van der Waals surface area contributed by atoms with Crippen molar-refractivity contribution in [1.82, 2.24) is 14.8 Å². The number of nitrogens with zero attached hydrogens (tertiary/aromatic N) is 3. The van der Waals surface area contributed by atoms with Gasteiger partial charge in [-0.3, -0.25) is 9.59 Å². The molecule has 1 amide bonds. The molecule has 6 nitrogen and oxygen atoms in total. The van der Waals surface area contributed by atoms with Crippen LogP contribution < -0.4 is 10.9 Å². The first-order chi connectivity index (χ1) is 12.2. The molecule has 0 aliphatic heterocycles. The average Bonchev–Trinajstić information content (AvgIpc) is 2.64. The summed E-state index contributed by atoms with van der Waals surface area (Å²) in [6, 6.07) is 16.3. The van der Waals surface area contributed by atoms with Gasteiger partial charge in [0.1, 0.15) is 12.4 Å². The highest BCUT2D eigenvalue weighted by molar-refractivity contribution is 5.89. The molecule has 0 fully saturated rings. The Kier molecular flexibility index (Phi) is 4.99. The smallest absolute Gasteiger partial charge is 0.267 e. The second-order valence-corrected chi connectivity index (χ2v) is 5.53. The van der Waals surface area contributed by atoms with E-state index in [0.29, 0.717) is 11.5 Å². The minimum atomic E-state index is -0.355. The van der Waals surface area contributed by atoms with E-state index < -0.39 is 0 Å². The molecule has 0 spiro atoms. The fraction of sp³-hybridized carbons (Fsp3) is 0.158. The van der Waals surface area contributed by atoms with E-state index in [1.54, 1.807) is 30.5 Å². The summed E-state index contributed by atoms with van der Waals surface area (Å²) in [6.45, 7) is 1.92. The highest BCUT2D eigenvalue weighted by atomic mass is 16.2. The molecular weight excluding hydrogens is 316 g/mol. The van der Waals surface area contributed by atoms with Crippen molar-refractivity contribution in [3.63, 3.8) is 0 Å². The van der Waals surface area contributed by atoms with E-state index in [-0.39, 0.29) is 18.0 Å². The summed E-state index contributed by atoms with van der Waals surface area (Å²) in [5.74, 6) is 0.0821. The minimum absolute atomic E-state index is 0.170. The summed E-state index contributed by atoms with van der Waals surface area (Å²) in [5, 5.41) is 6.94. The molecule has 3 aromatic rings. The van der Waals surface area contributed by atoms with Crippen molar-refractivity contribution in [2.45, 2.75) is 19.9 Å². The quantitative estimate of drug-likeness (QED) is 0.778. The first-order valence-electron chi connectivity index (χ1n) is 8.04. The predicted octanol–water partition coefficient (Wildman–Crippen LogP) is 2.51. The third-order valence-electron chi connectivity index (χ3n) is 3.75. The fourth-order valence-corrected chi connectivity index (χ4v) is 2.38. The zero-order valence-electron chi connectivity index (χ0n) is 13.8. The van der Waals surface area contributed by atoms with Gasteiger partial charge in [0.25, 0.3) is 5.56 Å². The van der Waals surface area contributed by atoms with Gasteiger partial charge >= 0.3 is 0 Å². The van der Waals surface area contributed by atoms with Crippen LogP contribution >= 0.6 is 0 Å². The first-order valence-corrected chi connectivity index (χ1v) is 8.04. The van der Waals surface area contributed by atoms with Crippen LogP contribution in [-0.2, 0) is 17.8 Å². The van der Waals surface area contributed by atoms with Crippen LogP contribution in [0.2, 0.25) is 0 Å². The van der Waals surface area contributed by atoms with Crippen LogP contribution in [0.15, 0.2) is 65.6 Å². The van der Waals surface area contributed by atoms with Crippen molar-refractivity contribution in [3.05, 3.63) is 76.7 Å². The summed E-state index contributed by atoms with van der Waals surface area (Å²) in [7, 11) is 0. The number of rotatable bonds is 5. The monoisotopic (exact) mass is 334 g/mol. The Hall–Kier alpha value is -3.28. The molecular formula is C19H18N4O2. The topological polar surface area (TPSA) is 76.9 Å². The van der Waals surface area contributed by atoms with E-state index >= 15 is 0 Å².